The zero-order chi connectivity index (χ0) is 8.39. The lowest BCUT2D eigenvalue weighted by molar-refractivity contribution is 0.199. The number of ether oxygens (including phenoxy) is 1. The van der Waals surface area contributed by atoms with Gasteiger partial charge in [0.15, 0.2) is 6.10 Å². The lowest BCUT2D eigenvalue weighted by atomic mass is 10.0. The number of carbonyl (C=O) groups excluding carboxylic acids is 1. The molecule has 0 fully saturated rings. The highest BCUT2D eigenvalue weighted by molar-refractivity contribution is 5.68. The van der Waals surface area contributed by atoms with Crippen LogP contribution in [0.4, 0.5) is 0 Å². The molecule has 0 spiro atoms. The number of benzene rings is 1. The minimum atomic E-state index is -0.550. The van der Waals surface area contributed by atoms with Crippen molar-refractivity contribution < 1.29 is 9.53 Å². The molecule has 0 amide bonds. The van der Waals surface area contributed by atoms with Gasteiger partial charge in [-0.05, 0) is 11.6 Å². The van der Waals surface area contributed by atoms with Crippen molar-refractivity contribution in [2.24, 2.45) is 0 Å². The summed E-state index contributed by atoms with van der Waals surface area (Å²) < 4.78 is 5.05. The van der Waals surface area contributed by atoms with Gasteiger partial charge in [0.2, 0.25) is 6.29 Å². The Morgan fingerprint density at radius 1 is 1.33 bits per heavy atom. The van der Waals surface area contributed by atoms with Gasteiger partial charge in [-0.2, -0.15) is 0 Å². The van der Waals surface area contributed by atoms with E-state index in [4.69, 9.17) is 4.74 Å². The first-order valence-corrected chi connectivity index (χ1v) is 3.70. The Bertz CT molecular complexity index is 328. The van der Waals surface area contributed by atoms with Gasteiger partial charge in [-0.3, -0.25) is 4.79 Å². The number of hydrogen-bond donors (Lipinski definition) is 0. The van der Waals surface area contributed by atoms with Crippen LogP contribution in [-0.2, 0) is 9.53 Å². The van der Waals surface area contributed by atoms with Crippen molar-refractivity contribution in [3.63, 3.8) is 0 Å². The first-order valence-electron chi connectivity index (χ1n) is 3.70. The average Bonchev–Trinajstić information content (AvgIpc) is 2.17. The van der Waals surface area contributed by atoms with E-state index in [2.05, 4.69) is 0 Å². The van der Waals surface area contributed by atoms with E-state index in [1.54, 1.807) is 0 Å². The summed E-state index contributed by atoms with van der Waals surface area (Å²) in [4.78, 5) is 10.4. The second-order valence-corrected chi connectivity index (χ2v) is 2.57. The lowest BCUT2D eigenvalue weighted by Gasteiger charge is -2.16. The molecule has 1 unspecified atom stereocenters. The third kappa shape index (κ3) is 1.01. The van der Waals surface area contributed by atoms with Gasteiger partial charge in [-0.1, -0.05) is 24.3 Å². The molecule has 1 aliphatic rings. The minimum Gasteiger partial charge on any atom is -0.485 e. The van der Waals surface area contributed by atoms with E-state index in [1.807, 2.05) is 36.6 Å². The SMILES string of the molecule is O=[C]C1OC=Cc2ccccc21. The Balaban J connectivity index is 2.52. The van der Waals surface area contributed by atoms with Crippen LogP contribution >= 0.6 is 0 Å². The van der Waals surface area contributed by atoms with Gasteiger partial charge in [-0.15, -0.1) is 0 Å². The summed E-state index contributed by atoms with van der Waals surface area (Å²) in [5, 5.41) is 0. The van der Waals surface area contributed by atoms with Crippen LogP contribution in [-0.4, -0.2) is 6.29 Å². The number of fused-ring (bicyclic) bond motifs is 1. The maximum absolute atomic E-state index is 10.4. The second kappa shape index (κ2) is 2.81. The molecular weight excluding hydrogens is 152 g/mol. The molecule has 0 bridgehead atoms. The minimum absolute atomic E-state index is 0.550. The highest BCUT2D eigenvalue weighted by Crippen LogP contribution is 2.25. The molecule has 12 heavy (non-hydrogen) atoms. The summed E-state index contributed by atoms with van der Waals surface area (Å²) in [5.41, 5.74) is 1.91. The molecular formula is C10H7O2. The van der Waals surface area contributed by atoms with Gasteiger partial charge in [-0.25, -0.2) is 0 Å². The van der Waals surface area contributed by atoms with E-state index in [1.165, 1.54) is 6.26 Å². The summed E-state index contributed by atoms with van der Waals surface area (Å²) in [6.45, 7) is 0. The summed E-state index contributed by atoms with van der Waals surface area (Å²) in [5.74, 6) is 0. The van der Waals surface area contributed by atoms with E-state index in [0.29, 0.717) is 0 Å². The molecule has 1 heterocycles. The number of rotatable bonds is 1. The van der Waals surface area contributed by atoms with Gasteiger partial charge in [0.05, 0.1) is 6.26 Å². The Labute approximate surface area is 70.5 Å². The largest absolute Gasteiger partial charge is 0.485 e. The molecule has 2 nitrogen and oxygen atoms in total. The second-order valence-electron chi connectivity index (χ2n) is 2.57. The van der Waals surface area contributed by atoms with Gasteiger partial charge in [0.25, 0.3) is 0 Å². The fraction of sp³-hybridized carbons (Fsp3) is 0.100. The Kier molecular flexibility index (Phi) is 1.67. The summed E-state index contributed by atoms with van der Waals surface area (Å²) in [6.07, 6.45) is 4.65. The van der Waals surface area contributed by atoms with E-state index in [9.17, 15) is 4.79 Å². The first kappa shape index (κ1) is 7.10. The summed E-state index contributed by atoms with van der Waals surface area (Å²) >= 11 is 0. The predicted octanol–water partition coefficient (Wildman–Crippen LogP) is 1.84. The van der Waals surface area contributed by atoms with Crippen LogP contribution in [0.25, 0.3) is 6.08 Å². The maximum Gasteiger partial charge on any atom is 0.247 e. The highest BCUT2D eigenvalue weighted by Gasteiger charge is 2.16. The van der Waals surface area contributed by atoms with Crippen LogP contribution in [0, 0.1) is 0 Å². The van der Waals surface area contributed by atoms with Crippen molar-refractivity contribution in [2.75, 3.05) is 0 Å². The van der Waals surface area contributed by atoms with E-state index < -0.39 is 6.10 Å². The van der Waals surface area contributed by atoms with Gasteiger partial charge in [0, 0.05) is 5.56 Å². The monoisotopic (exact) mass is 159 g/mol. The van der Waals surface area contributed by atoms with Crippen LogP contribution in [0.2, 0.25) is 0 Å². The Hall–Kier alpha value is -1.57. The van der Waals surface area contributed by atoms with Crippen LogP contribution in [0.5, 0.6) is 0 Å². The number of hydrogen-bond acceptors (Lipinski definition) is 2. The molecule has 2 rings (SSSR count). The standard InChI is InChI=1S/C10H7O2/c11-7-10-9-4-2-1-3-8(9)5-6-12-10/h1-6,10H. The van der Waals surface area contributed by atoms with Crippen LogP contribution in [0.15, 0.2) is 30.5 Å². The quantitative estimate of drug-likeness (QED) is 0.625. The maximum atomic E-state index is 10.4. The molecule has 59 valence electrons. The molecule has 0 aromatic heterocycles. The molecule has 0 saturated carbocycles. The average molecular weight is 159 g/mol. The van der Waals surface area contributed by atoms with Crippen LogP contribution in [0.1, 0.15) is 17.2 Å². The van der Waals surface area contributed by atoms with E-state index in [-0.39, 0.29) is 0 Å². The van der Waals surface area contributed by atoms with E-state index >= 15 is 0 Å². The summed E-state index contributed by atoms with van der Waals surface area (Å²) in [7, 11) is 0. The lowest BCUT2D eigenvalue weighted by Crippen LogP contribution is -2.06. The highest BCUT2D eigenvalue weighted by atomic mass is 16.5. The van der Waals surface area contributed by atoms with Gasteiger partial charge >= 0.3 is 0 Å². The topological polar surface area (TPSA) is 26.3 Å². The first-order chi connectivity index (χ1) is 5.92. The molecule has 1 aliphatic heterocycles. The molecule has 1 aromatic rings. The molecule has 0 saturated heterocycles. The van der Waals surface area contributed by atoms with Gasteiger partial charge in [0.1, 0.15) is 0 Å². The Morgan fingerprint density at radius 3 is 3.00 bits per heavy atom. The van der Waals surface area contributed by atoms with Crippen LogP contribution in [0.3, 0.4) is 0 Å². The van der Waals surface area contributed by atoms with Crippen molar-refractivity contribution in [1.29, 1.82) is 0 Å². The molecule has 0 aliphatic carbocycles. The van der Waals surface area contributed by atoms with Crippen molar-refractivity contribution in [1.82, 2.24) is 0 Å². The molecule has 1 radical (unpaired) electrons. The fourth-order valence-corrected chi connectivity index (χ4v) is 1.26. The zero-order valence-electron chi connectivity index (χ0n) is 6.36. The van der Waals surface area contributed by atoms with Crippen molar-refractivity contribution in [3.05, 3.63) is 41.7 Å². The third-order valence-corrected chi connectivity index (χ3v) is 1.85. The molecule has 1 atom stereocenters. The molecule has 0 N–H and O–H groups in total. The van der Waals surface area contributed by atoms with Gasteiger partial charge < -0.3 is 4.74 Å². The van der Waals surface area contributed by atoms with E-state index in [0.717, 1.165) is 11.1 Å². The van der Waals surface area contributed by atoms with Crippen LogP contribution < -0.4 is 0 Å². The molecule has 2 heteroatoms. The van der Waals surface area contributed by atoms with Crippen molar-refractivity contribution in [2.45, 2.75) is 6.10 Å². The van der Waals surface area contributed by atoms with Crippen molar-refractivity contribution in [3.8, 4) is 0 Å². The smallest absolute Gasteiger partial charge is 0.247 e. The zero-order valence-corrected chi connectivity index (χ0v) is 6.36. The normalized spacial score (nSPS) is 19.5. The summed E-state index contributed by atoms with van der Waals surface area (Å²) in [6, 6.07) is 7.62. The fourth-order valence-electron chi connectivity index (χ4n) is 1.26. The predicted molar refractivity (Wildman–Crippen MR) is 45.0 cm³/mol. The third-order valence-electron chi connectivity index (χ3n) is 1.85. The molecule has 1 aromatic carbocycles. The Morgan fingerprint density at radius 2 is 2.17 bits per heavy atom. The van der Waals surface area contributed by atoms with Crippen molar-refractivity contribution >= 4 is 12.4 Å².